The molecule has 0 radical (unpaired) electrons. The average molecular weight is 1290 g/mol. The molecule has 3 aromatic rings. The zero-order valence-corrected chi connectivity index (χ0v) is 51.2. The van der Waals surface area contributed by atoms with E-state index in [2.05, 4.69) is 37.2 Å². The molecule has 8 amide bonds. The fourth-order valence-corrected chi connectivity index (χ4v) is 11.2. The third-order valence-electron chi connectivity index (χ3n) is 16.2. The Labute approximate surface area is 527 Å². The van der Waals surface area contributed by atoms with Crippen LogP contribution in [0.25, 0.3) is 0 Å². The van der Waals surface area contributed by atoms with E-state index in [-0.39, 0.29) is 53.0 Å². The number of aromatic hydroxyl groups is 3. The summed E-state index contributed by atoms with van der Waals surface area (Å²) in [5.41, 5.74) is 6.58. The number of carbonyl (C=O) groups excluding carboxylic acids is 11. The number of hydrogen-bond donors (Lipinski definition) is 17. The molecule has 6 rings (SSSR count). The summed E-state index contributed by atoms with van der Waals surface area (Å²) in [5.74, 6) is -12.5. The largest absolute Gasteiger partial charge is 0.508 e. The highest BCUT2D eigenvalue weighted by Crippen LogP contribution is 2.52. The van der Waals surface area contributed by atoms with Gasteiger partial charge in [-0.3, -0.25) is 52.7 Å². The van der Waals surface area contributed by atoms with Gasteiger partial charge in [-0.1, -0.05) is 44.0 Å². The fourth-order valence-electron chi connectivity index (χ4n) is 11.2. The van der Waals surface area contributed by atoms with Gasteiger partial charge in [-0.05, 0) is 69.3 Å². The number of ketones is 3. The molecule has 2 aliphatic carbocycles. The molecule has 19 N–H and O–H groups in total. The minimum absolute atomic E-state index is 0.0228. The monoisotopic (exact) mass is 1290 g/mol. The van der Waals surface area contributed by atoms with Crippen molar-refractivity contribution in [1.82, 2.24) is 37.2 Å². The van der Waals surface area contributed by atoms with Crippen LogP contribution >= 0.6 is 0 Å². The summed E-state index contributed by atoms with van der Waals surface area (Å²) in [6.45, 7) is 1.21. The Kier molecular flexibility index (Phi) is 25.6. The number of ether oxygens (including phenoxy) is 3. The number of unbranched alkanes of at least 4 members (excludes halogenated alkanes) is 2. The first-order valence-electron chi connectivity index (χ1n) is 30.0. The molecular weight excluding hydrogens is 1210 g/mol. The van der Waals surface area contributed by atoms with E-state index in [1.54, 1.807) is 6.92 Å². The Hall–Kier alpha value is -8.69. The lowest BCUT2D eigenvalue weighted by atomic mass is 9.72. The van der Waals surface area contributed by atoms with E-state index in [9.17, 15) is 93.6 Å². The number of phenols is 3. The number of benzene rings is 3. The predicted octanol–water partition coefficient (Wildman–Crippen LogP) is -3.39. The second kappa shape index (κ2) is 32.5. The summed E-state index contributed by atoms with van der Waals surface area (Å²) < 4.78 is 17.6. The van der Waals surface area contributed by atoms with Gasteiger partial charge in [-0.2, -0.15) is 0 Å². The van der Waals surface area contributed by atoms with Gasteiger partial charge >= 0.3 is 0 Å². The molecule has 0 aromatic heterocycles. The van der Waals surface area contributed by atoms with Crippen molar-refractivity contribution >= 4 is 64.6 Å². The van der Waals surface area contributed by atoms with Crippen LogP contribution in [0.4, 0.5) is 0 Å². The number of hydrogen-bond acceptors (Lipinski definition) is 23. The van der Waals surface area contributed by atoms with Gasteiger partial charge in [0, 0.05) is 55.7 Å². The molecule has 0 saturated carbocycles. The van der Waals surface area contributed by atoms with Gasteiger partial charge in [0.1, 0.15) is 77.6 Å². The third-order valence-corrected chi connectivity index (χ3v) is 16.2. The van der Waals surface area contributed by atoms with Crippen LogP contribution in [0.15, 0.2) is 42.5 Å². The van der Waals surface area contributed by atoms with Crippen LogP contribution in [0.5, 0.6) is 23.0 Å². The van der Waals surface area contributed by atoms with Crippen molar-refractivity contribution in [1.29, 1.82) is 0 Å². The number of amides is 8. The zero-order valence-electron chi connectivity index (χ0n) is 51.2. The summed E-state index contributed by atoms with van der Waals surface area (Å²) in [4.78, 5) is 149. The first-order valence-corrected chi connectivity index (χ1v) is 30.0. The molecule has 0 unspecified atom stereocenters. The maximum absolute atomic E-state index is 14.2. The van der Waals surface area contributed by atoms with Crippen LogP contribution in [0.2, 0.25) is 0 Å². The van der Waals surface area contributed by atoms with Gasteiger partial charge in [0.05, 0.1) is 55.3 Å². The molecule has 31 nitrogen and oxygen atoms in total. The fraction of sp³-hybridized carbons (Fsp3) is 0.525. The molecule has 1 heterocycles. The highest BCUT2D eigenvalue weighted by atomic mass is 16.7. The molecule has 31 heteroatoms. The first-order chi connectivity index (χ1) is 43.6. The van der Waals surface area contributed by atoms with E-state index in [1.165, 1.54) is 63.4 Å². The molecule has 1 fully saturated rings. The van der Waals surface area contributed by atoms with Gasteiger partial charge in [-0.15, -0.1) is 0 Å². The molecule has 3 aliphatic rings. The van der Waals surface area contributed by atoms with Crippen molar-refractivity contribution < 1.29 is 108 Å². The lowest BCUT2D eigenvalue weighted by Gasteiger charge is -2.43. The SMILES string of the molecule is CCCC[C@H](NC(=O)[C@H](CO)NC(=O)[C@H](CO)NC(=O)[C@H](CCC(N)=O)NC(=O)[C@H](Cc1ccc(O)cc1)NC(=O)[C@H](CCCCN)NC(C)=O)C(=O)N[C@H]1C[C@@H](O[C@H]2C[C@](O)(C(=O)CO)Cc3c(O)c4c(c(O)c32)C(=O)c2c(OC)cccc2C4=O)O[C@@H](C)[C@H]1O. The molecule has 0 spiro atoms. The Morgan fingerprint density at radius 1 is 0.707 bits per heavy atom. The number of primary amides is 1. The third kappa shape index (κ3) is 17.5. The lowest BCUT2D eigenvalue weighted by Crippen LogP contribution is -2.62. The van der Waals surface area contributed by atoms with Gasteiger partial charge in [0.25, 0.3) is 0 Å². The van der Waals surface area contributed by atoms with E-state index in [4.69, 9.17) is 25.7 Å². The summed E-state index contributed by atoms with van der Waals surface area (Å²) in [6, 6.07) is -1.09. The lowest BCUT2D eigenvalue weighted by molar-refractivity contribution is -0.249. The van der Waals surface area contributed by atoms with Crippen molar-refractivity contribution in [3.8, 4) is 23.0 Å². The number of rotatable bonds is 32. The zero-order chi connectivity index (χ0) is 67.9. The highest BCUT2D eigenvalue weighted by Gasteiger charge is 2.51. The maximum atomic E-state index is 14.2. The number of aliphatic hydroxyl groups is 5. The Bertz CT molecular complexity index is 3260. The van der Waals surface area contributed by atoms with Crippen molar-refractivity contribution in [3.63, 3.8) is 0 Å². The van der Waals surface area contributed by atoms with Crippen LogP contribution in [-0.2, 0) is 65.5 Å². The number of fused-ring (bicyclic) bond motifs is 3. The highest BCUT2D eigenvalue weighted by molar-refractivity contribution is 6.31. The van der Waals surface area contributed by atoms with Crippen molar-refractivity contribution in [3.05, 3.63) is 81.4 Å². The van der Waals surface area contributed by atoms with E-state index >= 15 is 0 Å². The molecular formula is C61H81N9O22. The summed E-state index contributed by atoms with van der Waals surface area (Å²) in [6.07, 6.45) is -7.16. The summed E-state index contributed by atoms with van der Waals surface area (Å²) >= 11 is 0. The average Bonchev–Trinajstić information content (AvgIpc) is 0.716. The standard InChI is InChI=1S/C61H81N9O22/c1-5-6-11-35(56(84)67-37-22-45(91-28(2)50(37)78)92-42-24-61(89,43(76)27-73)23-33-47(42)54(82)49-48(52(33)80)51(79)32-10-9-13-41(90-4)46(32)53(49)81)65-59(87)39(25-71)70-60(88)40(26-72)69-57(85)36(18-19-44(63)77)66-58(86)38(21-30-14-16-31(75)17-15-30)68-55(83)34(64-29(3)74)12-7-8-20-62/h9-10,13-17,28,34-40,42,45,50,71-73,75,78,80,82,89H,5-8,11-12,18-27,62H2,1-4H3,(H2,63,77)(H,64,74)(H,65,87)(H,66,86)(H,67,84)(H,68,83)(H,69,85)(H,70,88)/t28-,34-,35-,36-,37-,38-,39-,40-,42-,45+,50+,61-/m0/s1. The van der Waals surface area contributed by atoms with Crippen molar-refractivity contribution in [2.75, 3.05) is 33.5 Å². The van der Waals surface area contributed by atoms with Crippen molar-refractivity contribution in [2.24, 2.45) is 11.5 Å². The Morgan fingerprint density at radius 2 is 1.26 bits per heavy atom. The first kappa shape index (κ1) is 72.4. The van der Waals surface area contributed by atoms with Gasteiger partial charge in [0.15, 0.2) is 17.9 Å². The van der Waals surface area contributed by atoms with E-state index in [0.29, 0.717) is 37.8 Å². The van der Waals surface area contributed by atoms with Crippen LogP contribution in [0, 0.1) is 0 Å². The molecule has 92 heavy (non-hydrogen) atoms. The predicted molar refractivity (Wildman–Crippen MR) is 320 cm³/mol. The second-order valence-corrected chi connectivity index (χ2v) is 22.8. The number of aliphatic hydroxyl groups excluding tert-OH is 4. The molecule has 0 bridgehead atoms. The quantitative estimate of drug-likeness (QED) is 0.0167. The normalized spacial score (nSPS) is 21.0. The van der Waals surface area contributed by atoms with Gasteiger partial charge in [-0.25, -0.2) is 0 Å². The molecule has 502 valence electrons. The Morgan fingerprint density at radius 3 is 1.83 bits per heavy atom. The van der Waals surface area contributed by atoms with E-state index in [1.807, 2.05) is 0 Å². The van der Waals surface area contributed by atoms with Crippen LogP contribution in [0.3, 0.4) is 0 Å². The number of nitrogens with one attached hydrogen (secondary N) is 7. The number of nitrogens with two attached hydrogens (primary N) is 2. The van der Waals surface area contributed by atoms with Crippen LogP contribution < -0.4 is 53.4 Å². The van der Waals surface area contributed by atoms with Gasteiger partial charge < -0.3 is 104 Å². The minimum atomic E-state index is -2.50. The molecule has 1 saturated heterocycles. The molecule has 1 aliphatic heterocycles. The number of phenolic OH excluding ortho intramolecular Hbond substituents is 3. The number of methoxy groups -OCH3 is 1. The van der Waals surface area contributed by atoms with Crippen LogP contribution in [0.1, 0.15) is 140 Å². The second-order valence-electron chi connectivity index (χ2n) is 22.8. The number of carbonyl (C=O) groups is 11. The topological polar surface area (TPSA) is 514 Å². The summed E-state index contributed by atoms with van der Waals surface area (Å²) in [5, 5.41) is 105. The van der Waals surface area contributed by atoms with E-state index < -0.39 is 212 Å². The maximum Gasteiger partial charge on any atom is 0.245 e. The molecule has 12 atom stereocenters. The smallest absolute Gasteiger partial charge is 0.245 e. The van der Waals surface area contributed by atoms with E-state index in [0.717, 1.165) is 0 Å². The van der Waals surface area contributed by atoms with Crippen molar-refractivity contribution in [2.45, 2.75) is 170 Å². The Balaban J connectivity index is 1.16. The number of Topliss-reactive ketones (excluding diaryl/α,β-unsaturated/α-hetero) is 1. The molecule has 3 aromatic carbocycles. The van der Waals surface area contributed by atoms with Gasteiger partial charge in [0.2, 0.25) is 53.0 Å². The summed E-state index contributed by atoms with van der Waals surface area (Å²) in [7, 11) is 1.25. The van der Waals surface area contributed by atoms with Crippen LogP contribution in [-0.4, -0.2) is 205 Å². The minimum Gasteiger partial charge on any atom is -0.508 e.